The first-order valence-corrected chi connectivity index (χ1v) is 4.85. The van der Waals surface area contributed by atoms with Crippen LogP contribution in [0.5, 0.6) is 0 Å². The highest BCUT2D eigenvalue weighted by molar-refractivity contribution is 6.12. The Balaban J connectivity index is 2.69. The van der Waals surface area contributed by atoms with Crippen LogP contribution in [-0.2, 0) is 9.59 Å². The van der Waals surface area contributed by atoms with Crippen molar-refractivity contribution in [1.29, 1.82) is 0 Å². The van der Waals surface area contributed by atoms with Gasteiger partial charge in [-0.3, -0.25) is 14.5 Å². The lowest BCUT2D eigenvalue weighted by Gasteiger charge is -2.30. The van der Waals surface area contributed by atoms with Crippen molar-refractivity contribution in [3.63, 3.8) is 0 Å². The fraction of sp³-hybridized carbons (Fsp3) is 0.600. The second kappa shape index (κ2) is 3.92. The number of nitrogens with zero attached hydrogens (tertiary/aromatic N) is 1. The fourth-order valence-electron chi connectivity index (χ4n) is 1.38. The lowest BCUT2D eigenvalue weighted by Crippen LogP contribution is -2.51. The minimum absolute atomic E-state index is 0.258. The van der Waals surface area contributed by atoms with Crippen LogP contribution < -0.4 is 5.73 Å². The molecule has 1 aliphatic heterocycles. The Morgan fingerprint density at radius 3 is 2.00 bits per heavy atom. The van der Waals surface area contributed by atoms with Gasteiger partial charge in [-0.25, -0.2) is 0 Å². The zero-order chi connectivity index (χ0) is 10.8. The molecular weight excluding hydrogens is 180 g/mol. The predicted molar refractivity (Wildman–Crippen MR) is 53.4 cm³/mol. The van der Waals surface area contributed by atoms with Crippen LogP contribution in [0.1, 0.15) is 26.7 Å². The number of imide groups is 1. The van der Waals surface area contributed by atoms with Gasteiger partial charge in [0, 0.05) is 24.2 Å². The summed E-state index contributed by atoms with van der Waals surface area (Å²) in [5, 5.41) is 0. The Bertz CT molecular complexity index is 262. The number of amides is 2. The summed E-state index contributed by atoms with van der Waals surface area (Å²) in [6.45, 7) is 4.23. The molecule has 0 fully saturated rings. The topological polar surface area (TPSA) is 63.4 Å². The first kappa shape index (κ1) is 10.9. The predicted octanol–water partition coefficient (Wildman–Crippen LogP) is 0.429. The van der Waals surface area contributed by atoms with Gasteiger partial charge in [-0.15, -0.1) is 0 Å². The van der Waals surface area contributed by atoms with Gasteiger partial charge in [0.25, 0.3) is 11.8 Å². The standard InChI is InChI=1S/C10H16N2O2/c1-3-10(11,4-2)7-12-8(13)5-6-9(12)14/h5-6H,3-4,7,11H2,1-2H3. The molecule has 2 amide bonds. The largest absolute Gasteiger partial charge is 0.324 e. The van der Waals surface area contributed by atoms with Crippen molar-refractivity contribution < 1.29 is 9.59 Å². The molecule has 78 valence electrons. The van der Waals surface area contributed by atoms with E-state index in [1.807, 2.05) is 13.8 Å². The first-order chi connectivity index (χ1) is 6.52. The third-order valence-corrected chi connectivity index (χ3v) is 2.78. The third kappa shape index (κ3) is 2.01. The zero-order valence-electron chi connectivity index (χ0n) is 8.62. The number of rotatable bonds is 4. The molecule has 1 aliphatic rings. The van der Waals surface area contributed by atoms with E-state index in [-0.39, 0.29) is 11.8 Å². The molecule has 0 radical (unpaired) electrons. The molecule has 4 heteroatoms. The van der Waals surface area contributed by atoms with Crippen LogP contribution in [-0.4, -0.2) is 28.8 Å². The van der Waals surface area contributed by atoms with Gasteiger partial charge < -0.3 is 5.73 Å². The Hall–Kier alpha value is -1.16. The van der Waals surface area contributed by atoms with E-state index in [9.17, 15) is 9.59 Å². The summed E-state index contributed by atoms with van der Waals surface area (Å²) in [5.41, 5.74) is 5.58. The molecule has 0 bridgehead atoms. The average molecular weight is 196 g/mol. The number of carbonyl (C=O) groups excluding carboxylic acids is 2. The smallest absolute Gasteiger partial charge is 0.253 e. The van der Waals surface area contributed by atoms with Gasteiger partial charge in [-0.1, -0.05) is 13.8 Å². The van der Waals surface area contributed by atoms with Crippen LogP contribution in [0.2, 0.25) is 0 Å². The number of nitrogens with two attached hydrogens (primary N) is 1. The first-order valence-electron chi connectivity index (χ1n) is 4.85. The van der Waals surface area contributed by atoms with E-state index in [4.69, 9.17) is 5.73 Å². The molecule has 1 rings (SSSR count). The van der Waals surface area contributed by atoms with Crippen LogP contribution in [0.15, 0.2) is 12.2 Å². The summed E-state index contributed by atoms with van der Waals surface area (Å²) in [5.74, 6) is -0.515. The molecule has 2 N–H and O–H groups in total. The van der Waals surface area contributed by atoms with E-state index in [2.05, 4.69) is 0 Å². The molecule has 0 spiro atoms. The molecule has 0 aromatic heterocycles. The monoisotopic (exact) mass is 196 g/mol. The van der Waals surface area contributed by atoms with Gasteiger partial charge in [0.1, 0.15) is 0 Å². The van der Waals surface area contributed by atoms with Gasteiger partial charge in [-0.05, 0) is 12.8 Å². The summed E-state index contributed by atoms with van der Waals surface area (Å²) in [7, 11) is 0. The van der Waals surface area contributed by atoms with Crippen molar-refractivity contribution >= 4 is 11.8 Å². The number of hydrogen-bond acceptors (Lipinski definition) is 3. The molecule has 0 aromatic rings. The van der Waals surface area contributed by atoms with Crippen LogP contribution in [0, 0.1) is 0 Å². The van der Waals surface area contributed by atoms with Gasteiger partial charge >= 0.3 is 0 Å². The highest BCUT2D eigenvalue weighted by atomic mass is 16.2. The lowest BCUT2D eigenvalue weighted by molar-refractivity contribution is -0.137. The molecule has 14 heavy (non-hydrogen) atoms. The molecule has 1 heterocycles. The second-order valence-electron chi connectivity index (χ2n) is 3.67. The van der Waals surface area contributed by atoms with E-state index in [0.29, 0.717) is 6.54 Å². The van der Waals surface area contributed by atoms with Crippen molar-refractivity contribution in [2.75, 3.05) is 6.54 Å². The van der Waals surface area contributed by atoms with Crippen LogP contribution in [0.3, 0.4) is 0 Å². The maximum Gasteiger partial charge on any atom is 0.253 e. The summed E-state index contributed by atoms with van der Waals surface area (Å²) < 4.78 is 0. The van der Waals surface area contributed by atoms with Gasteiger partial charge in [0.05, 0.1) is 0 Å². The summed E-state index contributed by atoms with van der Waals surface area (Å²) in [6.07, 6.45) is 4.07. The van der Waals surface area contributed by atoms with Crippen molar-refractivity contribution in [3.8, 4) is 0 Å². The maximum atomic E-state index is 11.3. The summed E-state index contributed by atoms with van der Waals surface area (Å²) in [6, 6.07) is 0. The number of carbonyl (C=O) groups is 2. The quantitative estimate of drug-likeness (QED) is 0.663. The molecule has 0 unspecified atom stereocenters. The molecule has 0 aliphatic carbocycles. The van der Waals surface area contributed by atoms with Gasteiger partial charge in [0.2, 0.25) is 0 Å². The van der Waals surface area contributed by atoms with Crippen LogP contribution >= 0.6 is 0 Å². The Kier molecular flexibility index (Phi) is 3.06. The van der Waals surface area contributed by atoms with Gasteiger partial charge in [0.15, 0.2) is 0 Å². The molecule has 0 atom stereocenters. The van der Waals surface area contributed by atoms with Crippen LogP contribution in [0.25, 0.3) is 0 Å². The Morgan fingerprint density at radius 2 is 1.64 bits per heavy atom. The number of hydrogen-bond donors (Lipinski definition) is 1. The fourth-order valence-corrected chi connectivity index (χ4v) is 1.38. The molecular formula is C10H16N2O2. The van der Waals surface area contributed by atoms with E-state index < -0.39 is 5.54 Å². The third-order valence-electron chi connectivity index (χ3n) is 2.78. The molecule has 0 aromatic carbocycles. The van der Waals surface area contributed by atoms with Crippen LogP contribution in [0.4, 0.5) is 0 Å². The average Bonchev–Trinajstić information content (AvgIpc) is 2.49. The van der Waals surface area contributed by atoms with E-state index in [1.54, 1.807) is 0 Å². The minimum Gasteiger partial charge on any atom is -0.324 e. The lowest BCUT2D eigenvalue weighted by atomic mass is 9.93. The van der Waals surface area contributed by atoms with E-state index in [1.165, 1.54) is 17.1 Å². The second-order valence-corrected chi connectivity index (χ2v) is 3.67. The molecule has 4 nitrogen and oxygen atoms in total. The SMILES string of the molecule is CCC(N)(CC)CN1C(=O)C=CC1=O. The summed E-state index contributed by atoms with van der Waals surface area (Å²) >= 11 is 0. The molecule has 0 saturated carbocycles. The van der Waals surface area contributed by atoms with E-state index in [0.717, 1.165) is 12.8 Å². The summed E-state index contributed by atoms with van der Waals surface area (Å²) in [4.78, 5) is 23.7. The van der Waals surface area contributed by atoms with Crippen molar-refractivity contribution in [1.82, 2.24) is 4.90 Å². The zero-order valence-corrected chi connectivity index (χ0v) is 8.62. The van der Waals surface area contributed by atoms with Crippen molar-refractivity contribution in [2.24, 2.45) is 5.73 Å². The highest BCUT2D eigenvalue weighted by Gasteiger charge is 2.31. The van der Waals surface area contributed by atoms with Crippen molar-refractivity contribution in [3.05, 3.63) is 12.2 Å². The Morgan fingerprint density at radius 1 is 1.21 bits per heavy atom. The highest BCUT2D eigenvalue weighted by Crippen LogP contribution is 2.16. The van der Waals surface area contributed by atoms with Gasteiger partial charge in [-0.2, -0.15) is 0 Å². The van der Waals surface area contributed by atoms with E-state index >= 15 is 0 Å². The maximum absolute atomic E-state index is 11.3. The molecule has 0 saturated heterocycles. The van der Waals surface area contributed by atoms with Crippen molar-refractivity contribution in [2.45, 2.75) is 32.2 Å². The normalized spacial score (nSPS) is 16.9. The minimum atomic E-state index is -0.447. The Labute approximate surface area is 83.8 Å².